The molecule has 0 aliphatic carbocycles. The summed E-state index contributed by atoms with van der Waals surface area (Å²) in [7, 11) is 1.54. The topological polar surface area (TPSA) is 67.9 Å². The Morgan fingerprint density at radius 2 is 1.67 bits per heavy atom. The average Bonchev–Trinajstić information content (AvgIpc) is 2.81. The summed E-state index contributed by atoms with van der Waals surface area (Å²) in [5, 5.41) is 0. The van der Waals surface area contributed by atoms with E-state index in [-0.39, 0.29) is 17.6 Å². The number of carbonyl (C=O) groups is 1. The molecule has 2 aromatic rings. The van der Waals surface area contributed by atoms with Gasteiger partial charge in [0.15, 0.2) is 11.5 Å². The fraction of sp³-hybridized carbons (Fsp3) is 0.176. The Kier molecular flexibility index (Phi) is 3.92. The van der Waals surface area contributed by atoms with Gasteiger partial charge in [0.1, 0.15) is 5.75 Å². The number of nitrogens with two attached hydrogens (primary N) is 1. The number of hydrogen-bond donors (Lipinski definition) is 1. The summed E-state index contributed by atoms with van der Waals surface area (Å²) in [6.07, 6.45) is 0. The van der Waals surface area contributed by atoms with Crippen LogP contribution in [0.1, 0.15) is 11.1 Å². The molecule has 0 fully saturated rings. The number of likely N-dealkylation sites (N-methyl/N-ethyl adjacent to an activating group) is 1. The summed E-state index contributed by atoms with van der Waals surface area (Å²) in [5.41, 5.74) is 5.68. The summed E-state index contributed by atoms with van der Waals surface area (Å²) < 4.78 is 29.0. The van der Waals surface area contributed by atoms with Gasteiger partial charge in [-0.15, -0.1) is 0 Å². The number of rotatable bonds is 4. The van der Waals surface area contributed by atoms with Crippen LogP contribution >= 0.6 is 0 Å². The van der Waals surface area contributed by atoms with Crippen molar-refractivity contribution < 1.29 is 18.3 Å². The smallest absolute Gasteiger partial charge is 0.387 e. The number of halogens is 2. The first-order chi connectivity index (χ1) is 11.4. The van der Waals surface area contributed by atoms with Crippen molar-refractivity contribution in [3.05, 3.63) is 65.7 Å². The van der Waals surface area contributed by atoms with Gasteiger partial charge in [-0.1, -0.05) is 42.5 Å². The molecule has 5 nitrogen and oxygen atoms in total. The molecule has 3 rings (SSSR count). The van der Waals surface area contributed by atoms with Crippen LogP contribution in [0.2, 0.25) is 0 Å². The molecular formula is C17H15F2N3O2. The normalized spacial score (nSPS) is 20.4. The molecule has 0 saturated heterocycles. The van der Waals surface area contributed by atoms with Gasteiger partial charge in [-0.05, 0) is 23.3 Å². The molecule has 1 amide bonds. The first-order valence-electron chi connectivity index (χ1n) is 7.19. The number of alkyl halides is 2. The second-order valence-electron chi connectivity index (χ2n) is 5.31. The van der Waals surface area contributed by atoms with Crippen molar-refractivity contribution in [2.45, 2.75) is 12.2 Å². The molecular weight excluding hydrogens is 316 g/mol. The van der Waals surface area contributed by atoms with Gasteiger partial charge < -0.3 is 10.5 Å². The van der Waals surface area contributed by atoms with Crippen molar-refractivity contribution >= 4 is 11.9 Å². The van der Waals surface area contributed by atoms with E-state index in [0.717, 1.165) is 0 Å². The lowest BCUT2D eigenvalue weighted by Crippen LogP contribution is -2.41. The van der Waals surface area contributed by atoms with Crippen molar-refractivity contribution in [2.75, 3.05) is 7.05 Å². The lowest BCUT2D eigenvalue weighted by Gasteiger charge is -2.26. The van der Waals surface area contributed by atoms with Gasteiger partial charge in [-0.3, -0.25) is 9.69 Å². The van der Waals surface area contributed by atoms with Crippen LogP contribution in [-0.4, -0.2) is 30.4 Å². The molecule has 24 heavy (non-hydrogen) atoms. The third-order valence-electron chi connectivity index (χ3n) is 3.93. The van der Waals surface area contributed by atoms with E-state index in [1.807, 2.05) is 6.07 Å². The molecule has 0 aromatic heterocycles. The summed E-state index contributed by atoms with van der Waals surface area (Å²) in [6.45, 7) is -2.91. The van der Waals surface area contributed by atoms with Crippen molar-refractivity contribution in [1.29, 1.82) is 0 Å². The molecule has 0 bridgehead atoms. The number of ether oxygens (including phenoxy) is 1. The number of amides is 1. The fourth-order valence-electron chi connectivity index (χ4n) is 2.74. The van der Waals surface area contributed by atoms with E-state index < -0.39 is 12.2 Å². The summed E-state index contributed by atoms with van der Waals surface area (Å²) in [5.74, 6) is -0.210. The minimum Gasteiger partial charge on any atom is -0.435 e. The first kappa shape index (κ1) is 15.9. The van der Waals surface area contributed by atoms with Crippen molar-refractivity contribution in [3.8, 4) is 5.75 Å². The minimum atomic E-state index is -2.91. The third-order valence-corrected chi connectivity index (χ3v) is 3.93. The molecule has 1 atom stereocenters. The number of carbonyl (C=O) groups excluding carboxylic acids is 1. The highest BCUT2D eigenvalue weighted by Gasteiger charge is 2.49. The number of benzene rings is 2. The van der Waals surface area contributed by atoms with Crippen LogP contribution in [0.25, 0.3) is 0 Å². The lowest BCUT2D eigenvalue weighted by atomic mass is 9.83. The van der Waals surface area contributed by atoms with Crippen LogP contribution in [-0.2, 0) is 10.3 Å². The van der Waals surface area contributed by atoms with E-state index in [1.165, 1.54) is 17.0 Å². The Morgan fingerprint density at radius 1 is 1.08 bits per heavy atom. The monoisotopic (exact) mass is 331 g/mol. The molecule has 0 radical (unpaired) electrons. The Morgan fingerprint density at radius 3 is 2.17 bits per heavy atom. The standard InChI is InChI=1S/C17H15F2N3O2/c1-22-14(23)17(21-16(22)20,11-5-3-2-4-6-11)12-7-9-13(10-8-12)24-15(18)19/h2-10,15H,1H3,(H2,20,21)/t17-/m1/s1. The van der Waals surface area contributed by atoms with Gasteiger partial charge in [-0.25, -0.2) is 4.99 Å². The van der Waals surface area contributed by atoms with Gasteiger partial charge in [0.25, 0.3) is 5.91 Å². The average molecular weight is 331 g/mol. The first-order valence-corrected chi connectivity index (χ1v) is 7.19. The maximum Gasteiger partial charge on any atom is 0.387 e. The second kappa shape index (κ2) is 5.92. The van der Waals surface area contributed by atoms with E-state index in [0.29, 0.717) is 11.1 Å². The van der Waals surface area contributed by atoms with Crippen molar-refractivity contribution in [1.82, 2.24) is 4.90 Å². The van der Waals surface area contributed by atoms with Gasteiger partial charge >= 0.3 is 6.61 Å². The van der Waals surface area contributed by atoms with E-state index in [2.05, 4.69) is 9.73 Å². The molecule has 1 heterocycles. The van der Waals surface area contributed by atoms with E-state index in [9.17, 15) is 13.6 Å². The lowest BCUT2D eigenvalue weighted by molar-refractivity contribution is -0.129. The van der Waals surface area contributed by atoms with Gasteiger partial charge in [0.05, 0.1) is 0 Å². The molecule has 1 aliphatic rings. The molecule has 0 unspecified atom stereocenters. The Bertz CT molecular complexity index is 778. The third kappa shape index (κ3) is 2.47. The predicted molar refractivity (Wildman–Crippen MR) is 84.7 cm³/mol. The zero-order valence-electron chi connectivity index (χ0n) is 12.8. The number of guanidine groups is 1. The van der Waals surface area contributed by atoms with Gasteiger partial charge in [0.2, 0.25) is 0 Å². The Labute approximate surface area is 137 Å². The predicted octanol–water partition coefficient (Wildman–Crippen LogP) is 2.32. The maximum absolute atomic E-state index is 12.9. The largest absolute Gasteiger partial charge is 0.435 e. The van der Waals surface area contributed by atoms with Gasteiger partial charge in [-0.2, -0.15) is 8.78 Å². The number of aliphatic imine (C=N–C) groups is 1. The van der Waals surface area contributed by atoms with Crippen molar-refractivity contribution in [3.63, 3.8) is 0 Å². The maximum atomic E-state index is 12.9. The number of hydrogen-bond acceptors (Lipinski definition) is 4. The summed E-state index contributed by atoms with van der Waals surface area (Å²) in [4.78, 5) is 18.6. The van der Waals surface area contributed by atoms with Crippen LogP contribution in [0.4, 0.5) is 8.78 Å². The highest BCUT2D eigenvalue weighted by molar-refractivity contribution is 6.08. The quantitative estimate of drug-likeness (QED) is 0.935. The van der Waals surface area contributed by atoms with E-state index in [1.54, 1.807) is 43.4 Å². The molecule has 0 spiro atoms. The molecule has 7 heteroatoms. The summed E-state index contributed by atoms with van der Waals surface area (Å²) >= 11 is 0. The Balaban J connectivity index is 2.12. The number of nitrogens with zero attached hydrogens (tertiary/aromatic N) is 2. The van der Waals surface area contributed by atoms with Crippen LogP contribution in [0.15, 0.2) is 59.6 Å². The highest BCUT2D eigenvalue weighted by Crippen LogP contribution is 2.39. The molecule has 1 aliphatic heterocycles. The second-order valence-corrected chi connectivity index (χ2v) is 5.31. The van der Waals surface area contributed by atoms with E-state index >= 15 is 0 Å². The molecule has 2 aromatic carbocycles. The minimum absolute atomic E-state index is 0.00714. The van der Waals surface area contributed by atoms with Crippen molar-refractivity contribution in [2.24, 2.45) is 10.7 Å². The van der Waals surface area contributed by atoms with Crippen LogP contribution < -0.4 is 10.5 Å². The fourth-order valence-corrected chi connectivity index (χ4v) is 2.74. The Hall–Kier alpha value is -2.96. The SMILES string of the molecule is CN1C(=O)[C@@](c2ccccc2)(c2ccc(OC(F)F)cc2)N=C1N. The van der Waals surface area contributed by atoms with E-state index in [4.69, 9.17) is 5.73 Å². The van der Waals surface area contributed by atoms with Crippen LogP contribution in [0, 0.1) is 0 Å². The van der Waals surface area contributed by atoms with Crippen LogP contribution in [0.3, 0.4) is 0 Å². The zero-order valence-corrected chi connectivity index (χ0v) is 12.8. The summed E-state index contributed by atoms with van der Waals surface area (Å²) in [6, 6.07) is 14.8. The van der Waals surface area contributed by atoms with Crippen LogP contribution in [0.5, 0.6) is 5.75 Å². The molecule has 124 valence electrons. The zero-order chi connectivity index (χ0) is 17.3. The highest BCUT2D eigenvalue weighted by atomic mass is 19.3. The van der Waals surface area contributed by atoms with Gasteiger partial charge in [0, 0.05) is 7.05 Å². The molecule has 2 N–H and O–H groups in total. The molecule has 0 saturated carbocycles.